The van der Waals surface area contributed by atoms with E-state index in [1.165, 1.54) is 32.2 Å². The summed E-state index contributed by atoms with van der Waals surface area (Å²) in [5.41, 5.74) is -0.0179. The second-order valence-electron chi connectivity index (χ2n) is 5.39. The fourth-order valence-electron chi connectivity index (χ4n) is 2.36. The lowest BCUT2D eigenvalue weighted by atomic mass is 9.92. The maximum atomic E-state index is 11.1. The minimum Gasteiger partial charge on any atom is -0.493 e. The number of benzene rings is 1. The number of ether oxygens (including phenoxy) is 3. The maximum absolute atomic E-state index is 11.1. The van der Waals surface area contributed by atoms with Gasteiger partial charge in [0.25, 0.3) is 0 Å². The van der Waals surface area contributed by atoms with Crippen LogP contribution in [0.25, 0.3) is 0 Å². The van der Waals surface area contributed by atoms with Crippen molar-refractivity contribution in [3.8, 4) is 11.5 Å². The average Bonchev–Trinajstić information content (AvgIpc) is 2.54. The van der Waals surface area contributed by atoms with Gasteiger partial charge in [-0.3, -0.25) is 0 Å². The zero-order valence-corrected chi connectivity index (χ0v) is 12.9. The van der Waals surface area contributed by atoms with Crippen LogP contribution in [0.2, 0.25) is 0 Å². The van der Waals surface area contributed by atoms with Crippen LogP contribution < -0.4 is 9.47 Å². The summed E-state index contributed by atoms with van der Waals surface area (Å²) in [6, 6.07) is 3.87. The summed E-state index contributed by atoms with van der Waals surface area (Å²) in [7, 11) is 1.32. The molecule has 5 atom stereocenters. The highest BCUT2D eigenvalue weighted by Crippen LogP contribution is 2.33. The van der Waals surface area contributed by atoms with E-state index in [1.54, 1.807) is 0 Å². The average molecular weight is 342 g/mol. The zero-order chi connectivity index (χ0) is 18.0. The molecule has 9 heteroatoms. The Labute approximate surface area is 137 Å². The normalized spacial score (nSPS) is 29.8. The molecule has 0 bridgehead atoms. The van der Waals surface area contributed by atoms with Crippen LogP contribution >= 0.6 is 0 Å². The van der Waals surface area contributed by atoms with Gasteiger partial charge >= 0.3 is 11.9 Å². The Morgan fingerprint density at radius 3 is 2.33 bits per heavy atom. The quantitative estimate of drug-likeness (QED) is 0.578. The largest absolute Gasteiger partial charge is 0.493 e. The zero-order valence-electron chi connectivity index (χ0n) is 12.9. The lowest BCUT2D eigenvalue weighted by Crippen LogP contribution is -2.57. The van der Waals surface area contributed by atoms with Gasteiger partial charge in [-0.05, 0) is 18.2 Å². The van der Waals surface area contributed by atoms with Gasteiger partial charge in [0.2, 0.25) is 6.29 Å². The summed E-state index contributed by atoms with van der Waals surface area (Å²) < 4.78 is 15.8. The first-order valence-electron chi connectivity index (χ1n) is 7.08. The van der Waals surface area contributed by atoms with Crippen LogP contribution in [0.3, 0.4) is 0 Å². The molecule has 1 fully saturated rings. The summed E-state index contributed by atoms with van der Waals surface area (Å²) in [4.78, 5) is 22.1. The molecular weight excluding hydrogens is 324 g/mol. The fraction of sp³-hybridized carbons (Fsp3) is 0.467. The van der Waals surface area contributed by atoms with Crippen LogP contribution in [0, 0.1) is 5.92 Å². The lowest BCUT2D eigenvalue weighted by Gasteiger charge is -2.39. The van der Waals surface area contributed by atoms with Crippen molar-refractivity contribution in [2.45, 2.75) is 31.5 Å². The number of aromatic carboxylic acids is 1. The minimum absolute atomic E-state index is 0.0179. The molecule has 0 saturated carbocycles. The van der Waals surface area contributed by atoms with Gasteiger partial charge in [0.05, 0.1) is 18.8 Å². The Kier molecular flexibility index (Phi) is 5.27. The van der Waals surface area contributed by atoms with Crippen molar-refractivity contribution in [1.82, 2.24) is 0 Å². The topological polar surface area (TPSA) is 143 Å². The van der Waals surface area contributed by atoms with Gasteiger partial charge in [-0.15, -0.1) is 0 Å². The summed E-state index contributed by atoms with van der Waals surface area (Å²) >= 11 is 0. The standard InChI is InChI=1S/C15H18O9/c1-6-10(16)11(17)12(14(20)21)24-15(6)23-8-4-3-7(13(18)19)5-9(8)22-2/h3-6,10-12,15-17H,1-2H3,(H,18,19)(H,20,21). The SMILES string of the molecule is COc1cc(C(=O)O)ccc1OC1OC(C(=O)O)C(O)C(O)C1C. The number of aliphatic hydroxyl groups is 2. The first-order valence-corrected chi connectivity index (χ1v) is 7.08. The van der Waals surface area contributed by atoms with E-state index in [0.717, 1.165) is 0 Å². The van der Waals surface area contributed by atoms with Crippen LogP contribution in [0.15, 0.2) is 18.2 Å². The third-order valence-corrected chi connectivity index (χ3v) is 3.81. The molecule has 0 aromatic heterocycles. The summed E-state index contributed by atoms with van der Waals surface area (Å²) in [5, 5.41) is 37.8. The van der Waals surface area contributed by atoms with E-state index in [9.17, 15) is 19.8 Å². The third kappa shape index (κ3) is 3.42. The van der Waals surface area contributed by atoms with Gasteiger partial charge in [-0.2, -0.15) is 0 Å². The van der Waals surface area contributed by atoms with Gasteiger partial charge in [-0.1, -0.05) is 6.92 Å². The molecule has 2 rings (SSSR count). The van der Waals surface area contributed by atoms with Crippen molar-refractivity contribution >= 4 is 11.9 Å². The highest BCUT2D eigenvalue weighted by atomic mass is 16.7. The lowest BCUT2D eigenvalue weighted by molar-refractivity contribution is -0.251. The molecule has 0 aliphatic carbocycles. The molecule has 0 spiro atoms. The Morgan fingerprint density at radius 1 is 1.12 bits per heavy atom. The van der Waals surface area contributed by atoms with Crippen molar-refractivity contribution < 1.29 is 44.2 Å². The van der Waals surface area contributed by atoms with Gasteiger partial charge in [0.15, 0.2) is 17.6 Å². The second kappa shape index (κ2) is 7.04. The first kappa shape index (κ1) is 18.0. The van der Waals surface area contributed by atoms with Gasteiger partial charge < -0.3 is 34.6 Å². The van der Waals surface area contributed by atoms with Gasteiger partial charge in [0.1, 0.15) is 6.10 Å². The van der Waals surface area contributed by atoms with Crippen LogP contribution in [0.1, 0.15) is 17.3 Å². The molecule has 4 N–H and O–H groups in total. The number of carboxylic acid groups (broad SMARTS) is 2. The molecule has 9 nitrogen and oxygen atoms in total. The predicted octanol–water partition coefficient (Wildman–Crippen LogP) is -0.0604. The second-order valence-corrected chi connectivity index (χ2v) is 5.39. The summed E-state index contributed by atoms with van der Waals surface area (Å²) in [5.74, 6) is -3.09. The summed E-state index contributed by atoms with van der Waals surface area (Å²) in [6.07, 6.45) is -5.78. The fourth-order valence-corrected chi connectivity index (χ4v) is 2.36. The number of aliphatic hydroxyl groups excluding tert-OH is 2. The Balaban J connectivity index is 2.26. The Morgan fingerprint density at radius 2 is 1.79 bits per heavy atom. The molecule has 1 saturated heterocycles. The van der Waals surface area contributed by atoms with Crippen molar-refractivity contribution in [2.24, 2.45) is 5.92 Å². The molecular formula is C15H18O9. The number of methoxy groups -OCH3 is 1. The number of hydrogen-bond donors (Lipinski definition) is 4. The molecule has 24 heavy (non-hydrogen) atoms. The maximum Gasteiger partial charge on any atom is 0.335 e. The molecule has 1 heterocycles. The molecule has 0 radical (unpaired) electrons. The number of carboxylic acids is 2. The smallest absolute Gasteiger partial charge is 0.335 e. The molecule has 1 aliphatic rings. The number of hydrogen-bond acceptors (Lipinski definition) is 7. The number of carbonyl (C=O) groups is 2. The number of aliphatic carboxylic acids is 1. The first-order chi connectivity index (χ1) is 11.3. The molecule has 1 aliphatic heterocycles. The van der Waals surface area contributed by atoms with Crippen LogP contribution in [-0.4, -0.2) is 64.1 Å². The monoisotopic (exact) mass is 342 g/mol. The Hall–Kier alpha value is -2.36. The molecule has 1 aromatic carbocycles. The molecule has 0 amide bonds. The van der Waals surface area contributed by atoms with E-state index in [1.807, 2.05) is 0 Å². The molecule has 5 unspecified atom stereocenters. The van der Waals surface area contributed by atoms with Gasteiger partial charge in [-0.25, -0.2) is 9.59 Å². The van der Waals surface area contributed by atoms with Crippen LogP contribution in [0.5, 0.6) is 11.5 Å². The van der Waals surface area contributed by atoms with Crippen molar-refractivity contribution in [3.05, 3.63) is 23.8 Å². The predicted molar refractivity (Wildman–Crippen MR) is 78.1 cm³/mol. The van der Waals surface area contributed by atoms with Crippen LogP contribution in [0.4, 0.5) is 0 Å². The number of rotatable bonds is 5. The third-order valence-electron chi connectivity index (χ3n) is 3.81. The van der Waals surface area contributed by atoms with Crippen molar-refractivity contribution in [3.63, 3.8) is 0 Å². The minimum atomic E-state index is -1.65. The van der Waals surface area contributed by atoms with E-state index in [0.29, 0.717) is 0 Å². The van der Waals surface area contributed by atoms with E-state index in [2.05, 4.69) is 0 Å². The van der Waals surface area contributed by atoms with Crippen molar-refractivity contribution in [2.75, 3.05) is 7.11 Å². The molecule has 1 aromatic rings. The molecule has 132 valence electrons. The Bertz CT molecular complexity index is 629. The van der Waals surface area contributed by atoms with E-state index in [4.69, 9.17) is 24.4 Å². The van der Waals surface area contributed by atoms with E-state index < -0.39 is 42.5 Å². The summed E-state index contributed by atoms with van der Waals surface area (Å²) in [6.45, 7) is 1.52. The van der Waals surface area contributed by atoms with Crippen LogP contribution in [-0.2, 0) is 9.53 Å². The van der Waals surface area contributed by atoms with E-state index >= 15 is 0 Å². The van der Waals surface area contributed by atoms with E-state index in [-0.39, 0.29) is 17.1 Å². The van der Waals surface area contributed by atoms with Gasteiger partial charge in [0, 0.05) is 5.92 Å². The highest BCUT2D eigenvalue weighted by Gasteiger charge is 2.46. The van der Waals surface area contributed by atoms with Crippen molar-refractivity contribution in [1.29, 1.82) is 0 Å². The highest BCUT2D eigenvalue weighted by molar-refractivity contribution is 5.88.